The van der Waals surface area contributed by atoms with Gasteiger partial charge in [0.15, 0.2) is 6.10 Å². The Bertz CT molecular complexity index is 1390. The van der Waals surface area contributed by atoms with Gasteiger partial charge in [-0.2, -0.15) is 8.42 Å². The third-order valence-corrected chi connectivity index (χ3v) is 6.41. The minimum absolute atomic E-state index is 0.0516. The maximum atomic E-state index is 12.7. The Hall–Kier alpha value is -3.64. The molecule has 4 aromatic carbocycles. The van der Waals surface area contributed by atoms with Gasteiger partial charge in [0.25, 0.3) is 0 Å². The molecule has 0 N–H and O–H groups in total. The predicted molar refractivity (Wildman–Crippen MR) is 120 cm³/mol. The van der Waals surface area contributed by atoms with Crippen LogP contribution in [0.2, 0.25) is 0 Å². The normalized spacial score (nSPS) is 16.8. The van der Waals surface area contributed by atoms with Crippen molar-refractivity contribution in [1.29, 1.82) is 0 Å². The molecule has 0 amide bonds. The van der Waals surface area contributed by atoms with E-state index < -0.39 is 16.2 Å². The van der Waals surface area contributed by atoms with E-state index >= 15 is 0 Å². The summed E-state index contributed by atoms with van der Waals surface area (Å²) in [6, 6.07) is 27.7. The SMILES string of the molecule is Cc1ccc(S(=O)(=O)O/N=C2/c3c(ccc4ccccc34)OC2c2ccccc2)cc1. The first-order valence-corrected chi connectivity index (χ1v) is 11.3. The molecule has 0 aliphatic carbocycles. The summed E-state index contributed by atoms with van der Waals surface area (Å²) in [5, 5.41) is 6.08. The van der Waals surface area contributed by atoms with Crippen molar-refractivity contribution in [1.82, 2.24) is 0 Å². The van der Waals surface area contributed by atoms with Crippen LogP contribution in [-0.2, 0) is 14.4 Å². The number of fused-ring (bicyclic) bond motifs is 3. The summed E-state index contributed by atoms with van der Waals surface area (Å²) < 4.78 is 36.9. The van der Waals surface area contributed by atoms with Crippen LogP contribution in [0.15, 0.2) is 101 Å². The Morgan fingerprint density at radius 1 is 0.839 bits per heavy atom. The number of oxime groups is 1. The van der Waals surface area contributed by atoms with E-state index in [1.165, 1.54) is 12.1 Å². The molecule has 0 spiro atoms. The molecule has 0 fully saturated rings. The quantitative estimate of drug-likeness (QED) is 0.408. The highest BCUT2D eigenvalue weighted by Crippen LogP contribution is 2.41. The van der Waals surface area contributed by atoms with Crippen LogP contribution in [0, 0.1) is 6.92 Å². The third kappa shape index (κ3) is 3.55. The summed E-state index contributed by atoms with van der Waals surface area (Å²) in [4.78, 5) is 0.0516. The lowest BCUT2D eigenvalue weighted by atomic mass is 9.97. The van der Waals surface area contributed by atoms with Gasteiger partial charge in [0.05, 0.1) is 5.56 Å². The van der Waals surface area contributed by atoms with Crippen LogP contribution >= 0.6 is 0 Å². The average molecular weight is 429 g/mol. The van der Waals surface area contributed by atoms with E-state index in [2.05, 4.69) is 5.16 Å². The lowest BCUT2D eigenvalue weighted by Gasteiger charge is -2.12. The summed E-state index contributed by atoms with van der Waals surface area (Å²) >= 11 is 0. The molecule has 4 aromatic rings. The van der Waals surface area contributed by atoms with Crippen molar-refractivity contribution < 1.29 is 17.4 Å². The van der Waals surface area contributed by atoms with Gasteiger partial charge in [-0.3, -0.25) is 4.28 Å². The molecule has 1 aliphatic heterocycles. The standard InChI is InChI=1S/C25H19NO4S/c1-17-11-14-20(15-12-17)31(27,28)30-26-24-23-21-10-6-5-7-18(21)13-16-22(23)29-25(24)19-8-3-2-4-9-19/h2-16,25H,1H3/b26-24-. The number of ether oxygens (including phenoxy) is 1. The molecule has 0 aromatic heterocycles. The van der Waals surface area contributed by atoms with Gasteiger partial charge in [0.1, 0.15) is 16.4 Å². The van der Waals surface area contributed by atoms with E-state index in [0.717, 1.165) is 27.5 Å². The highest BCUT2D eigenvalue weighted by Gasteiger charge is 2.34. The first kappa shape index (κ1) is 19.3. The molecule has 0 bridgehead atoms. The summed E-state index contributed by atoms with van der Waals surface area (Å²) in [6.45, 7) is 1.89. The molecule has 1 atom stereocenters. The minimum atomic E-state index is -4.07. The van der Waals surface area contributed by atoms with E-state index in [9.17, 15) is 8.42 Å². The molecule has 0 saturated carbocycles. The van der Waals surface area contributed by atoms with Gasteiger partial charge in [-0.05, 0) is 41.5 Å². The van der Waals surface area contributed by atoms with Crippen molar-refractivity contribution in [2.24, 2.45) is 5.16 Å². The number of aryl methyl sites for hydroxylation is 1. The van der Waals surface area contributed by atoms with Gasteiger partial charge in [-0.25, -0.2) is 0 Å². The van der Waals surface area contributed by atoms with E-state index in [-0.39, 0.29) is 4.90 Å². The van der Waals surface area contributed by atoms with Crippen LogP contribution in [0.4, 0.5) is 0 Å². The van der Waals surface area contributed by atoms with E-state index in [0.29, 0.717) is 11.5 Å². The molecule has 0 saturated heterocycles. The van der Waals surface area contributed by atoms with Gasteiger partial charge in [-0.15, -0.1) is 0 Å². The fourth-order valence-electron chi connectivity index (χ4n) is 3.71. The van der Waals surface area contributed by atoms with Crippen molar-refractivity contribution in [3.63, 3.8) is 0 Å². The highest BCUT2D eigenvalue weighted by atomic mass is 32.2. The molecule has 1 unspecified atom stereocenters. The van der Waals surface area contributed by atoms with Crippen molar-refractivity contribution >= 4 is 26.6 Å². The topological polar surface area (TPSA) is 65.0 Å². The first-order valence-electron chi connectivity index (χ1n) is 9.85. The fraction of sp³-hybridized carbons (Fsp3) is 0.0800. The molecule has 0 radical (unpaired) electrons. The van der Waals surface area contributed by atoms with Gasteiger partial charge in [0.2, 0.25) is 0 Å². The molecule has 1 aliphatic rings. The largest absolute Gasteiger partial charge is 0.478 e. The van der Waals surface area contributed by atoms with E-state index in [4.69, 9.17) is 9.02 Å². The second-order valence-corrected chi connectivity index (χ2v) is 8.92. The maximum Gasteiger partial charge on any atom is 0.358 e. The van der Waals surface area contributed by atoms with Crippen molar-refractivity contribution in [3.8, 4) is 5.75 Å². The average Bonchev–Trinajstić information content (AvgIpc) is 3.18. The number of nitrogens with zero attached hydrogens (tertiary/aromatic N) is 1. The highest BCUT2D eigenvalue weighted by molar-refractivity contribution is 7.86. The summed E-state index contributed by atoms with van der Waals surface area (Å²) in [5.41, 5.74) is 2.98. The van der Waals surface area contributed by atoms with Crippen LogP contribution in [0.5, 0.6) is 5.75 Å². The second-order valence-electron chi connectivity index (χ2n) is 7.39. The van der Waals surface area contributed by atoms with Crippen molar-refractivity contribution in [2.45, 2.75) is 17.9 Å². The zero-order valence-corrected chi connectivity index (χ0v) is 17.5. The molecule has 1 heterocycles. The van der Waals surface area contributed by atoms with E-state index in [1.54, 1.807) is 12.1 Å². The Balaban J connectivity index is 1.63. The number of hydrogen-bond acceptors (Lipinski definition) is 5. The Kier molecular flexibility index (Phi) is 4.71. The van der Waals surface area contributed by atoms with Crippen LogP contribution in [0.1, 0.15) is 22.8 Å². The van der Waals surface area contributed by atoms with Gasteiger partial charge < -0.3 is 4.74 Å². The maximum absolute atomic E-state index is 12.7. The zero-order valence-electron chi connectivity index (χ0n) is 16.7. The van der Waals surface area contributed by atoms with Gasteiger partial charge in [0, 0.05) is 0 Å². The van der Waals surface area contributed by atoms with Crippen LogP contribution in [-0.4, -0.2) is 14.1 Å². The Labute approximate surface area is 180 Å². The minimum Gasteiger partial charge on any atom is -0.478 e. The fourth-order valence-corrected chi connectivity index (χ4v) is 4.45. The van der Waals surface area contributed by atoms with Crippen molar-refractivity contribution in [2.75, 3.05) is 0 Å². The van der Waals surface area contributed by atoms with Crippen molar-refractivity contribution in [3.05, 3.63) is 108 Å². The number of rotatable bonds is 4. The van der Waals surface area contributed by atoms with Crippen LogP contribution in [0.3, 0.4) is 0 Å². The number of hydrogen-bond donors (Lipinski definition) is 0. The monoisotopic (exact) mass is 429 g/mol. The lowest BCUT2D eigenvalue weighted by molar-refractivity contribution is 0.280. The molecule has 5 rings (SSSR count). The molecule has 5 nitrogen and oxygen atoms in total. The van der Waals surface area contributed by atoms with Gasteiger partial charge in [-0.1, -0.05) is 83.5 Å². The Morgan fingerprint density at radius 3 is 2.32 bits per heavy atom. The molecular formula is C25H19NO4S. The molecular weight excluding hydrogens is 410 g/mol. The Morgan fingerprint density at radius 2 is 1.55 bits per heavy atom. The zero-order chi connectivity index (χ0) is 21.4. The van der Waals surface area contributed by atoms with Crippen LogP contribution < -0.4 is 4.74 Å². The summed E-state index contributed by atoms with van der Waals surface area (Å²) in [7, 11) is -4.07. The van der Waals surface area contributed by atoms with E-state index in [1.807, 2.05) is 73.7 Å². The molecule has 31 heavy (non-hydrogen) atoms. The number of benzene rings is 4. The third-order valence-electron chi connectivity index (χ3n) is 5.29. The van der Waals surface area contributed by atoms with Gasteiger partial charge >= 0.3 is 10.1 Å². The smallest absolute Gasteiger partial charge is 0.358 e. The molecule has 6 heteroatoms. The predicted octanol–water partition coefficient (Wildman–Crippen LogP) is 5.39. The molecule has 154 valence electrons. The summed E-state index contributed by atoms with van der Waals surface area (Å²) in [6.07, 6.45) is -0.574. The summed E-state index contributed by atoms with van der Waals surface area (Å²) in [5.74, 6) is 0.641. The second kappa shape index (κ2) is 7.56. The van der Waals surface area contributed by atoms with Crippen LogP contribution in [0.25, 0.3) is 10.8 Å². The first-order chi connectivity index (χ1) is 15.0. The lowest BCUT2D eigenvalue weighted by Crippen LogP contribution is -2.14.